The van der Waals surface area contributed by atoms with Crippen molar-refractivity contribution in [1.29, 1.82) is 0 Å². The van der Waals surface area contributed by atoms with Crippen LogP contribution in [0, 0.1) is 6.92 Å². The molecule has 0 unspecified atom stereocenters. The Morgan fingerprint density at radius 1 is 1.12 bits per heavy atom. The molecule has 5 nitrogen and oxygen atoms in total. The van der Waals surface area contributed by atoms with E-state index in [0.717, 1.165) is 11.3 Å². The second-order valence-corrected chi connectivity index (χ2v) is 6.23. The van der Waals surface area contributed by atoms with Crippen molar-refractivity contribution >= 4 is 17.5 Å². The molecule has 3 rings (SSSR count). The van der Waals surface area contributed by atoms with Gasteiger partial charge >= 0.3 is 0 Å². The number of anilines is 1. The molecule has 0 aliphatic carbocycles. The minimum absolute atomic E-state index is 0.0834. The van der Waals surface area contributed by atoms with E-state index in [1.54, 1.807) is 23.8 Å². The molecule has 1 saturated heterocycles. The van der Waals surface area contributed by atoms with Crippen molar-refractivity contribution < 1.29 is 14.3 Å². The van der Waals surface area contributed by atoms with Crippen molar-refractivity contribution in [1.82, 2.24) is 4.90 Å². The molecule has 0 N–H and O–H groups in total. The normalized spacial score (nSPS) is 17.6. The summed E-state index contributed by atoms with van der Waals surface area (Å²) in [5.41, 5.74) is 2.50. The predicted molar refractivity (Wildman–Crippen MR) is 97.0 cm³/mol. The molecule has 5 heteroatoms. The second-order valence-electron chi connectivity index (χ2n) is 6.23. The smallest absolute Gasteiger partial charge is 0.254 e. The van der Waals surface area contributed by atoms with Gasteiger partial charge in [-0.25, -0.2) is 0 Å². The Labute approximate surface area is 147 Å². The van der Waals surface area contributed by atoms with E-state index in [0.29, 0.717) is 24.4 Å². The number of carbonyl (C=O) groups is 2. The van der Waals surface area contributed by atoms with Crippen LogP contribution in [0.3, 0.4) is 0 Å². The number of aryl methyl sites for hydroxylation is 1. The van der Waals surface area contributed by atoms with E-state index in [4.69, 9.17) is 4.74 Å². The molecule has 1 atom stereocenters. The van der Waals surface area contributed by atoms with Crippen LogP contribution in [0.4, 0.5) is 5.69 Å². The standard InChI is InChI=1S/C20H22N2O3/c1-14-7-9-16(10-8-14)20(24)21-11-12-22(19(23)15(21)2)17-5-4-6-18(13-17)25-3/h4-10,13,15H,11-12H2,1-3H3/t15-/m0/s1. The highest BCUT2D eigenvalue weighted by Crippen LogP contribution is 2.25. The van der Waals surface area contributed by atoms with Crippen LogP contribution in [0.1, 0.15) is 22.8 Å². The molecule has 1 heterocycles. The van der Waals surface area contributed by atoms with Gasteiger partial charge in [-0.05, 0) is 38.1 Å². The fraction of sp³-hybridized carbons (Fsp3) is 0.300. The third-order valence-corrected chi connectivity index (χ3v) is 4.58. The Morgan fingerprint density at radius 2 is 1.84 bits per heavy atom. The van der Waals surface area contributed by atoms with Crippen molar-refractivity contribution in [3.05, 3.63) is 59.7 Å². The Kier molecular flexibility index (Phi) is 4.74. The van der Waals surface area contributed by atoms with E-state index in [2.05, 4.69) is 0 Å². The van der Waals surface area contributed by atoms with Gasteiger partial charge in [0.2, 0.25) is 5.91 Å². The summed E-state index contributed by atoms with van der Waals surface area (Å²) in [6.07, 6.45) is 0. The third-order valence-electron chi connectivity index (χ3n) is 4.58. The lowest BCUT2D eigenvalue weighted by Gasteiger charge is -2.39. The Bertz CT molecular complexity index is 786. The van der Waals surface area contributed by atoms with Crippen molar-refractivity contribution in [2.24, 2.45) is 0 Å². The van der Waals surface area contributed by atoms with Crippen molar-refractivity contribution in [3.63, 3.8) is 0 Å². The monoisotopic (exact) mass is 338 g/mol. The molecule has 1 aliphatic heterocycles. The molecule has 130 valence electrons. The van der Waals surface area contributed by atoms with Gasteiger partial charge in [0.05, 0.1) is 7.11 Å². The number of nitrogens with zero attached hydrogens (tertiary/aromatic N) is 2. The lowest BCUT2D eigenvalue weighted by atomic mass is 10.1. The predicted octanol–water partition coefficient (Wildman–Crippen LogP) is 2.88. The largest absolute Gasteiger partial charge is 0.497 e. The molecule has 2 aromatic carbocycles. The highest BCUT2D eigenvalue weighted by atomic mass is 16.5. The molecule has 0 aromatic heterocycles. The minimum atomic E-state index is -0.506. The average molecular weight is 338 g/mol. The van der Waals surface area contributed by atoms with Gasteiger partial charge in [-0.15, -0.1) is 0 Å². The number of benzene rings is 2. The van der Waals surface area contributed by atoms with E-state index < -0.39 is 6.04 Å². The topological polar surface area (TPSA) is 49.9 Å². The van der Waals surface area contributed by atoms with Gasteiger partial charge in [-0.3, -0.25) is 9.59 Å². The summed E-state index contributed by atoms with van der Waals surface area (Å²) in [6.45, 7) is 4.72. The van der Waals surface area contributed by atoms with Crippen molar-refractivity contribution in [3.8, 4) is 5.75 Å². The molecule has 1 fully saturated rings. The highest BCUT2D eigenvalue weighted by Gasteiger charge is 2.35. The first-order chi connectivity index (χ1) is 12.0. The molecule has 0 bridgehead atoms. The van der Waals surface area contributed by atoms with Crippen molar-refractivity contribution in [2.75, 3.05) is 25.1 Å². The maximum absolute atomic E-state index is 12.8. The number of carbonyl (C=O) groups excluding carboxylic acids is 2. The highest BCUT2D eigenvalue weighted by molar-refractivity contribution is 6.03. The molecular formula is C20H22N2O3. The van der Waals surface area contributed by atoms with Crippen LogP contribution < -0.4 is 9.64 Å². The minimum Gasteiger partial charge on any atom is -0.497 e. The van der Waals surface area contributed by atoms with Gasteiger partial charge in [0, 0.05) is 30.4 Å². The fourth-order valence-corrected chi connectivity index (χ4v) is 3.04. The summed E-state index contributed by atoms with van der Waals surface area (Å²) in [5, 5.41) is 0. The quantitative estimate of drug-likeness (QED) is 0.865. The van der Waals surface area contributed by atoms with Crippen LogP contribution in [0.5, 0.6) is 5.75 Å². The van der Waals surface area contributed by atoms with Gasteiger partial charge in [-0.2, -0.15) is 0 Å². The number of hydrogen-bond donors (Lipinski definition) is 0. The summed E-state index contributed by atoms with van der Waals surface area (Å²) < 4.78 is 5.23. The van der Waals surface area contributed by atoms with Crippen LogP contribution >= 0.6 is 0 Å². The molecular weight excluding hydrogens is 316 g/mol. The summed E-state index contributed by atoms with van der Waals surface area (Å²) in [6, 6.07) is 14.3. The van der Waals surface area contributed by atoms with Crippen LogP contribution in [0.25, 0.3) is 0 Å². The zero-order chi connectivity index (χ0) is 18.0. The van der Waals surface area contributed by atoms with E-state index in [9.17, 15) is 9.59 Å². The zero-order valence-corrected chi connectivity index (χ0v) is 14.7. The molecule has 0 spiro atoms. The average Bonchev–Trinajstić information content (AvgIpc) is 2.64. The second kappa shape index (κ2) is 6.97. The number of methoxy groups -OCH3 is 1. The Balaban J connectivity index is 1.79. The summed E-state index contributed by atoms with van der Waals surface area (Å²) in [7, 11) is 1.60. The molecule has 0 radical (unpaired) electrons. The summed E-state index contributed by atoms with van der Waals surface area (Å²) in [5.74, 6) is 0.516. The summed E-state index contributed by atoms with van der Waals surface area (Å²) >= 11 is 0. The zero-order valence-electron chi connectivity index (χ0n) is 14.7. The van der Waals surface area contributed by atoms with Crippen LogP contribution in [-0.4, -0.2) is 43.0 Å². The van der Waals surface area contributed by atoms with E-state index in [-0.39, 0.29) is 11.8 Å². The number of rotatable bonds is 3. The lowest BCUT2D eigenvalue weighted by Crippen LogP contribution is -2.57. The molecule has 0 saturated carbocycles. The first-order valence-corrected chi connectivity index (χ1v) is 8.34. The van der Waals surface area contributed by atoms with Gasteiger partial charge in [0.15, 0.2) is 0 Å². The number of amides is 2. The first kappa shape index (κ1) is 17.0. The van der Waals surface area contributed by atoms with Gasteiger partial charge in [0.1, 0.15) is 11.8 Å². The van der Waals surface area contributed by atoms with Crippen LogP contribution in [0.15, 0.2) is 48.5 Å². The fourth-order valence-electron chi connectivity index (χ4n) is 3.04. The SMILES string of the molecule is COc1cccc(N2CCN(C(=O)c3ccc(C)cc3)[C@@H](C)C2=O)c1. The maximum atomic E-state index is 12.8. The lowest BCUT2D eigenvalue weighted by molar-refractivity contribution is -0.124. The van der Waals surface area contributed by atoms with E-state index in [1.807, 2.05) is 55.5 Å². The van der Waals surface area contributed by atoms with Crippen LogP contribution in [-0.2, 0) is 4.79 Å². The van der Waals surface area contributed by atoms with E-state index >= 15 is 0 Å². The molecule has 25 heavy (non-hydrogen) atoms. The molecule has 2 amide bonds. The maximum Gasteiger partial charge on any atom is 0.254 e. The van der Waals surface area contributed by atoms with Crippen molar-refractivity contribution in [2.45, 2.75) is 19.9 Å². The Hall–Kier alpha value is -2.82. The van der Waals surface area contributed by atoms with E-state index in [1.165, 1.54) is 0 Å². The summed E-state index contributed by atoms with van der Waals surface area (Å²) in [4.78, 5) is 28.9. The molecule has 1 aliphatic rings. The molecule has 2 aromatic rings. The third kappa shape index (κ3) is 3.36. The van der Waals surface area contributed by atoms with Crippen LogP contribution in [0.2, 0.25) is 0 Å². The van der Waals surface area contributed by atoms with Gasteiger partial charge in [0.25, 0.3) is 5.91 Å². The number of piperazine rings is 1. The van der Waals surface area contributed by atoms with Gasteiger partial charge in [-0.1, -0.05) is 23.8 Å². The number of ether oxygens (including phenoxy) is 1. The number of hydrogen-bond acceptors (Lipinski definition) is 3. The van der Waals surface area contributed by atoms with Gasteiger partial charge < -0.3 is 14.5 Å². The Morgan fingerprint density at radius 3 is 2.52 bits per heavy atom. The first-order valence-electron chi connectivity index (χ1n) is 8.34.